The number of hydrogen-bond donors (Lipinski definition) is 4. The van der Waals surface area contributed by atoms with Crippen LogP contribution in [0.4, 0.5) is 36.4 Å². The van der Waals surface area contributed by atoms with Crippen molar-refractivity contribution in [3.63, 3.8) is 0 Å². The molecule has 2 aliphatic rings. The van der Waals surface area contributed by atoms with Crippen LogP contribution in [0.5, 0.6) is 0 Å². The number of β-amino-alcohol motifs (C(OH)–C–C–N with tert-alkyl or cyclic N) is 1. The van der Waals surface area contributed by atoms with E-state index in [2.05, 4.69) is 24.9 Å². The fourth-order valence-electron chi connectivity index (χ4n) is 4.02. The molecule has 8 nitrogen and oxygen atoms in total. The van der Waals surface area contributed by atoms with E-state index in [4.69, 9.17) is 5.41 Å². The fraction of sp³-hybridized carbons (Fsp3) is 0.476. The Morgan fingerprint density at radius 1 is 1.30 bits per heavy atom. The van der Waals surface area contributed by atoms with Gasteiger partial charge in [0.2, 0.25) is 5.95 Å². The zero-order chi connectivity index (χ0) is 23.8. The summed E-state index contributed by atoms with van der Waals surface area (Å²) in [5, 5.41) is 24.4. The first-order valence-electron chi connectivity index (χ1n) is 10.5. The van der Waals surface area contributed by atoms with Gasteiger partial charge in [0.25, 0.3) is 0 Å². The molecule has 0 saturated carbocycles. The van der Waals surface area contributed by atoms with Crippen LogP contribution in [0.15, 0.2) is 24.3 Å². The molecule has 0 aliphatic carbocycles. The van der Waals surface area contributed by atoms with E-state index in [0.717, 1.165) is 37.9 Å². The van der Waals surface area contributed by atoms with Crippen molar-refractivity contribution in [3.05, 3.63) is 35.4 Å². The first-order valence-corrected chi connectivity index (χ1v) is 11.7. The van der Waals surface area contributed by atoms with Crippen LogP contribution >= 0.6 is 11.9 Å². The molecule has 4 N–H and O–H groups in total. The zero-order valence-corrected chi connectivity index (χ0v) is 19.1. The molecule has 2 aromatic rings. The van der Waals surface area contributed by atoms with E-state index < -0.39 is 17.3 Å². The molecule has 1 atom stereocenters. The van der Waals surface area contributed by atoms with E-state index in [9.17, 15) is 18.3 Å². The third-order valence-corrected chi connectivity index (χ3v) is 6.48. The highest BCUT2D eigenvalue weighted by molar-refractivity contribution is 7.96. The molecule has 0 bridgehead atoms. The number of rotatable bonds is 7. The van der Waals surface area contributed by atoms with Gasteiger partial charge in [0.15, 0.2) is 0 Å². The van der Waals surface area contributed by atoms with Crippen molar-refractivity contribution in [1.29, 1.82) is 5.41 Å². The summed E-state index contributed by atoms with van der Waals surface area (Å²) in [6.45, 7) is 4.11. The lowest BCUT2D eigenvalue weighted by molar-refractivity contribution is -0.137. The standard InChI is InChI=1S/C21H26F3N7OS/c1-20(32)11-30(12-20)18-16(9-25)17(26-14-5-3-4-13(8-14)21(22,23)24)28-19(29-18)27-15-6-7-31(10-15)33-2/h3-5,8-9,15,25,32H,6-7,10-12H2,1-2H3,(H2,26,27,28,29). The maximum absolute atomic E-state index is 13.2. The highest BCUT2D eigenvalue weighted by Gasteiger charge is 2.39. The normalized spacial score (nSPS) is 20.4. The second-order valence-corrected chi connectivity index (χ2v) is 9.42. The summed E-state index contributed by atoms with van der Waals surface area (Å²) in [7, 11) is 0. The van der Waals surface area contributed by atoms with E-state index in [1.54, 1.807) is 18.9 Å². The second-order valence-electron chi connectivity index (χ2n) is 8.53. The van der Waals surface area contributed by atoms with Crippen molar-refractivity contribution >= 4 is 41.4 Å². The maximum Gasteiger partial charge on any atom is 0.416 e. The van der Waals surface area contributed by atoms with Crippen LogP contribution in [0, 0.1) is 5.41 Å². The van der Waals surface area contributed by atoms with Crippen molar-refractivity contribution < 1.29 is 18.3 Å². The number of anilines is 4. The van der Waals surface area contributed by atoms with Gasteiger partial charge in [-0.3, -0.25) is 0 Å². The van der Waals surface area contributed by atoms with Gasteiger partial charge in [0, 0.05) is 44.1 Å². The molecule has 1 aromatic heterocycles. The molecule has 1 aromatic carbocycles. The molecule has 2 fully saturated rings. The lowest BCUT2D eigenvalue weighted by Gasteiger charge is -2.45. The number of aromatic nitrogens is 2. The SMILES string of the molecule is CSN1CCC(Nc2nc(Nc3cccc(C(F)(F)F)c3)c(C=N)c(N3CC(C)(O)C3)n2)C1. The lowest BCUT2D eigenvalue weighted by Crippen LogP contribution is -2.60. The van der Waals surface area contributed by atoms with Gasteiger partial charge in [0.05, 0.1) is 16.7 Å². The van der Waals surface area contributed by atoms with Gasteiger partial charge in [-0.15, -0.1) is 0 Å². The number of aliphatic hydroxyl groups is 1. The number of nitrogens with one attached hydrogen (secondary N) is 3. The highest BCUT2D eigenvalue weighted by atomic mass is 32.2. The number of hydrogen-bond acceptors (Lipinski definition) is 9. The van der Waals surface area contributed by atoms with E-state index in [-0.39, 0.29) is 17.5 Å². The van der Waals surface area contributed by atoms with Gasteiger partial charge in [0.1, 0.15) is 11.6 Å². The molecule has 3 heterocycles. The number of alkyl halides is 3. The van der Waals surface area contributed by atoms with Crippen molar-refractivity contribution in [2.45, 2.75) is 31.2 Å². The summed E-state index contributed by atoms with van der Waals surface area (Å²) in [5.74, 6) is 0.996. The maximum atomic E-state index is 13.2. The fourth-order valence-corrected chi connectivity index (χ4v) is 4.64. The third-order valence-electron chi connectivity index (χ3n) is 5.63. The van der Waals surface area contributed by atoms with E-state index in [1.165, 1.54) is 12.1 Å². The quantitative estimate of drug-likeness (QED) is 0.352. The van der Waals surface area contributed by atoms with Crippen LogP contribution in [0.25, 0.3) is 0 Å². The second kappa shape index (κ2) is 8.99. The van der Waals surface area contributed by atoms with Gasteiger partial charge in [-0.25, -0.2) is 4.31 Å². The molecule has 4 rings (SSSR count). The minimum Gasteiger partial charge on any atom is -0.386 e. The van der Waals surface area contributed by atoms with E-state index >= 15 is 0 Å². The van der Waals surface area contributed by atoms with Gasteiger partial charge in [-0.1, -0.05) is 18.0 Å². The Morgan fingerprint density at radius 2 is 2.06 bits per heavy atom. The summed E-state index contributed by atoms with van der Waals surface area (Å²) in [4.78, 5) is 10.9. The molecule has 33 heavy (non-hydrogen) atoms. The first kappa shape index (κ1) is 23.6. The van der Waals surface area contributed by atoms with Gasteiger partial charge >= 0.3 is 6.18 Å². The summed E-state index contributed by atoms with van der Waals surface area (Å²) in [6.07, 6.45) is -0.475. The topological polar surface area (TPSA) is 100 Å². The van der Waals surface area contributed by atoms with Gasteiger partial charge in [-0.2, -0.15) is 23.1 Å². The summed E-state index contributed by atoms with van der Waals surface area (Å²) in [6, 6.07) is 4.96. The number of nitrogens with zero attached hydrogens (tertiary/aromatic N) is 4. The molecular weight excluding hydrogens is 455 g/mol. The average Bonchev–Trinajstić information content (AvgIpc) is 3.19. The zero-order valence-electron chi connectivity index (χ0n) is 18.3. The van der Waals surface area contributed by atoms with Crippen LogP contribution in [-0.2, 0) is 6.18 Å². The Hall–Kier alpha value is -2.57. The Kier molecular flexibility index (Phi) is 6.43. The highest BCUT2D eigenvalue weighted by Crippen LogP contribution is 2.35. The molecule has 2 aliphatic heterocycles. The van der Waals surface area contributed by atoms with E-state index in [0.29, 0.717) is 30.4 Å². The lowest BCUT2D eigenvalue weighted by atomic mass is 9.96. The van der Waals surface area contributed by atoms with Crippen LogP contribution in [-0.4, -0.2) is 69.7 Å². The minimum atomic E-state index is -4.47. The molecule has 0 spiro atoms. The van der Waals surface area contributed by atoms with Crippen LogP contribution in [0.1, 0.15) is 24.5 Å². The Morgan fingerprint density at radius 3 is 2.67 bits per heavy atom. The Labute approximate surface area is 194 Å². The molecule has 12 heteroatoms. The van der Waals surface area contributed by atoms with Crippen LogP contribution < -0.4 is 15.5 Å². The molecular formula is C21H26F3N7OS. The monoisotopic (exact) mass is 481 g/mol. The Bertz CT molecular complexity index is 1030. The van der Waals surface area contributed by atoms with Crippen molar-refractivity contribution in [2.24, 2.45) is 0 Å². The van der Waals surface area contributed by atoms with Crippen molar-refractivity contribution in [2.75, 3.05) is 48.0 Å². The van der Waals surface area contributed by atoms with Gasteiger partial charge < -0.3 is 26.0 Å². The molecule has 0 radical (unpaired) electrons. The molecule has 1 unspecified atom stereocenters. The largest absolute Gasteiger partial charge is 0.416 e. The predicted molar refractivity (Wildman–Crippen MR) is 125 cm³/mol. The minimum absolute atomic E-state index is 0.122. The van der Waals surface area contributed by atoms with Crippen molar-refractivity contribution in [3.8, 4) is 0 Å². The third kappa shape index (κ3) is 5.33. The Balaban J connectivity index is 1.68. The van der Waals surface area contributed by atoms with Crippen LogP contribution in [0.3, 0.4) is 0 Å². The summed E-state index contributed by atoms with van der Waals surface area (Å²) in [5.41, 5.74) is -1.10. The predicted octanol–water partition coefficient (Wildman–Crippen LogP) is 3.57. The number of benzene rings is 1. The summed E-state index contributed by atoms with van der Waals surface area (Å²) < 4.78 is 41.7. The number of halogens is 3. The molecule has 178 valence electrons. The molecule has 0 amide bonds. The summed E-state index contributed by atoms with van der Waals surface area (Å²) >= 11 is 1.66. The van der Waals surface area contributed by atoms with Gasteiger partial charge in [-0.05, 0) is 37.8 Å². The van der Waals surface area contributed by atoms with Crippen molar-refractivity contribution in [1.82, 2.24) is 14.3 Å². The first-order chi connectivity index (χ1) is 15.6. The van der Waals surface area contributed by atoms with Crippen LogP contribution in [0.2, 0.25) is 0 Å². The smallest absolute Gasteiger partial charge is 0.386 e. The molecule has 2 saturated heterocycles. The van der Waals surface area contributed by atoms with E-state index in [1.807, 2.05) is 11.2 Å². The average molecular weight is 482 g/mol.